The second-order valence-electron chi connectivity index (χ2n) is 4.41. The molecule has 0 aliphatic heterocycles. The van der Waals surface area contributed by atoms with Crippen molar-refractivity contribution in [2.45, 2.75) is 6.42 Å². The summed E-state index contributed by atoms with van der Waals surface area (Å²) < 4.78 is 9.81. The number of carbonyl (C=O) groups is 1. The van der Waals surface area contributed by atoms with Gasteiger partial charge in [-0.3, -0.25) is 4.79 Å². The molecule has 0 amide bonds. The molecule has 0 fully saturated rings. The predicted octanol–water partition coefficient (Wildman–Crippen LogP) is 4.23. The van der Waals surface area contributed by atoms with Gasteiger partial charge in [0, 0.05) is 18.7 Å². The molecule has 0 radical (unpaired) electrons. The molecular formula is C17H19BrNO4+. The molecule has 1 heterocycles. The summed E-state index contributed by atoms with van der Waals surface area (Å²) in [6, 6.07) is 18.3. The highest BCUT2D eigenvalue weighted by Gasteiger charge is 2.09. The number of para-hydroxylation sites is 2. The molecule has 122 valence electrons. The van der Waals surface area contributed by atoms with E-state index in [4.69, 9.17) is 15.3 Å². The lowest BCUT2D eigenvalue weighted by Crippen LogP contribution is -2.05. The third-order valence-corrected chi connectivity index (χ3v) is 2.73. The fraction of sp³-hybridized carbons (Fsp3) is 0.176. The van der Waals surface area contributed by atoms with Crippen LogP contribution < -0.4 is 5.73 Å². The summed E-state index contributed by atoms with van der Waals surface area (Å²) in [5, 5.41) is 10.1. The van der Waals surface area contributed by atoms with E-state index in [9.17, 15) is 4.79 Å². The van der Waals surface area contributed by atoms with Crippen LogP contribution in [0.4, 0.5) is 0 Å². The lowest BCUT2D eigenvalue weighted by Gasteiger charge is -1.89. The van der Waals surface area contributed by atoms with Crippen molar-refractivity contribution in [2.75, 3.05) is 13.7 Å². The Balaban J connectivity index is 0.000000250. The zero-order chi connectivity index (χ0) is 17.1. The first-order valence-corrected chi connectivity index (χ1v) is 7.54. The van der Waals surface area contributed by atoms with Crippen LogP contribution in [0.5, 0.6) is 0 Å². The normalized spacial score (nSPS) is 9.52. The Labute approximate surface area is 143 Å². The summed E-state index contributed by atoms with van der Waals surface area (Å²) in [5.41, 5.74) is 6.72. The fourth-order valence-corrected chi connectivity index (χ4v) is 1.79. The fourth-order valence-electron chi connectivity index (χ4n) is 1.79. The molecule has 0 saturated carbocycles. The van der Waals surface area contributed by atoms with Crippen molar-refractivity contribution >= 4 is 44.2 Å². The monoisotopic (exact) mass is 380 g/mol. The minimum atomic E-state index is -0.836. The van der Waals surface area contributed by atoms with Crippen LogP contribution in [0.1, 0.15) is 6.42 Å². The number of fused-ring (bicyclic) bond motifs is 2. The van der Waals surface area contributed by atoms with E-state index >= 15 is 0 Å². The summed E-state index contributed by atoms with van der Waals surface area (Å²) >= 11 is 2.65. The number of aliphatic carboxylic acids is 1. The van der Waals surface area contributed by atoms with Gasteiger partial charge >= 0.3 is 17.1 Å². The SMILES string of the molecule is COBr.NCCC(=O)O.c1ccc2[o+]c3ccccc3cc2c1. The maximum Gasteiger partial charge on any atom is 0.360 e. The quantitative estimate of drug-likeness (QED) is 0.513. The van der Waals surface area contributed by atoms with Gasteiger partial charge in [0.2, 0.25) is 0 Å². The van der Waals surface area contributed by atoms with Gasteiger partial charge in [-0.2, -0.15) is 0 Å². The van der Waals surface area contributed by atoms with Crippen molar-refractivity contribution in [1.29, 1.82) is 0 Å². The zero-order valence-electron chi connectivity index (χ0n) is 12.7. The topological polar surface area (TPSA) is 83.8 Å². The highest BCUT2D eigenvalue weighted by atomic mass is 79.9. The van der Waals surface area contributed by atoms with E-state index in [1.807, 2.05) is 36.4 Å². The van der Waals surface area contributed by atoms with Crippen molar-refractivity contribution in [3.8, 4) is 0 Å². The van der Waals surface area contributed by atoms with Gasteiger partial charge in [-0.25, -0.2) is 4.42 Å². The first-order chi connectivity index (χ1) is 11.1. The van der Waals surface area contributed by atoms with Gasteiger partial charge in [0.25, 0.3) is 0 Å². The molecule has 0 aliphatic rings. The van der Waals surface area contributed by atoms with Crippen molar-refractivity contribution in [2.24, 2.45) is 5.73 Å². The molecule has 6 heteroatoms. The second-order valence-corrected chi connectivity index (χ2v) is 5.06. The number of halogens is 1. The van der Waals surface area contributed by atoms with Crippen molar-refractivity contribution in [3.05, 3.63) is 54.6 Å². The molecule has 3 rings (SSSR count). The average Bonchev–Trinajstić information content (AvgIpc) is 2.54. The summed E-state index contributed by atoms with van der Waals surface area (Å²) in [6.45, 7) is 0.231. The summed E-state index contributed by atoms with van der Waals surface area (Å²) in [7, 11) is 1.54. The number of carboxylic acid groups (broad SMARTS) is 1. The third kappa shape index (κ3) is 6.73. The minimum absolute atomic E-state index is 0.0694. The van der Waals surface area contributed by atoms with Crippen LogP contribution >= 0.6 is 16.3 Å². The molecule has 0 aliphatic carbocycles. The number of nitrogens with two attached hydrogens (primary N) is 1. The predicted molar refractivity (Wildman–Crippen MR) is 95.4 cm³/mol. The van der Waals surface area contributed by atoms with E-state index in [0.29, 0.717) is 0 Å². The Morgan fingerprint density at radius 2 is 1.57 bits per heavy atom. The van der Waals surface area contributed by atoms with Crippen LogP contribution in [-0.2, 0) is 8.62 Å². The maximum absolute atomic E-state index is 9.52. The Morgan fingerprint density at radius 1 is 1.13 bits per heavy atom. The highest BCUT2D eigenvalue weighted by Crippen LogP contribution is 2.21. The number of hydrogen-bond acceptors (Lipinski definition) is 3. The summed E-state index contributed by atoms with van der Waals surface area (Å²) in [4.78, 5) is 9.52. The summed E-state index contributed by atoms with van der Waals surface area (Å²) in [6.07, 6.45) is 0.0694. The second kappa shape index (κ2) is 10.7. The van der Waals surface area contributed by atoms with Gasteiger partial charge in [0.15, 0.2) is 0 Å². The Hall–Kier alpha value is -2.02. The van der Waals surface area contributed by atoms with E-state index in [1.54, 1.807) is 7.11 Å². The lowest BCUT2D eigenvalue weighted by atomic mass is 10.1. The zero-order valence-corrected chi connectivity index (χ0v) is 14.3. The van der Waals surface area contributed by atoms with E-state index < -0.39 is 5.97 Å². The molecular weight excluding hydrogens is 362 g/mol. The van der Waals surface area contributed by atoms with Gasteiger partial charge in [0.05, 0.1) is 40.6 Å². The van der Waals surface area contributed by atoms with E-state index in [-0.39, 0.29) is 13.0 Å². The standard InChI is InChI=1S/C13H9O.C3H7NO2.CH3BrO/c1-3-7-12-10(5-1)9-11-6-2-4-8-13(11)14-12;4-2-1-3(5)6;1-3-2/h1-9H;1-2,4H2,(H,5,6);1H3/q+1;;. The molecule has 0 atom stereocenters. The van der Waals surface area contributed by atoms with E-state index in [2.05, 4.69) is 38.3 Å². The van der Waals surface area contributed by atoms with Gasteiger partial charge in [-0.15, -0.1) is 0 Å². The number of carboxylic acids is 1. The van der Waals surface area contributed by atoms with Crippen molar-refractivity contribution in [1.82, 2.24) is 0 Å². The molecule has 0 bridgehead atoms. The minimum Gasteiger partial charge on any atom is -0.481 e. The van der Waals surface area contributed by atoms with Crippen LogP contribution in [0.25, 0.3) is 21.9 Å². The van der Waals surface area contributed by atoms with Crippen LogP contribution in [-0.4, -0.2) is 24.7 Å². The number of hydrogen-bond donors (Lipinski definition) is 2. The van der Waals surface area contributed by atoms with Gasteiger partial charge < -0.3 is 14.7 Å². The third-order valence-electron chi connectivity index (χ3n) is 2.73. The molecule has 23 heavy (non-hydrogen) atoms. The first-order valence-electron chi connectivity index (χ1n) is 6.89. The van der Waals surface area contributed by atoms with Crippen LogP contribution in [0.3, 0.4) is 0 Å². The van der Waals surface area contributed by atoms with Crippen LogP contribution in [0.2, 0.25) is 0 Å². The van der Waals surface area contributed by atoms with Gasteiger partial charge in [0.1, 0.15) is 0 Å². The Bertz CT molecular complexity index is 644. The van der Waals surface area contributed by atoms with Crippen LogP contribution in [0.15, 0.2) is 59.0 Å². The molecule has 0 spiro atoms. The number of benzene rings is 2. The van der Waals surface area contributed by atoms with Crippen molar-refractivity contribution in [3.63, 3.8) is 0 Å². The highest BCUT2D eigenvalue weighted by molar-refractivity contribution is 9.06. The lowest BCUT2D eigenvalue weighted by molar-refractivity contribution is -0.136. The van der Waals surface area contributed by atoms with Gasteiger partial charge in [-0.05, 0) is 18.2 Å². The molecule has 3 aromatic rings. The van der Waals surface area contributed by atoms with E-state index in [1.165, 1.54) is 0 Å². The molecule has 3 N–H and O–H groups in total. The van der Waals surface area contributed by atoms with Gasteiger partial charge in [-0.1, -0.05) is 24.3 Å². The first kappa shape index (κ1) is 19.0. The molecule has 0 unspecified atom stereocenters. The Morgan fingerprint density at radius 3 is 1.91 bits per heavy atom. The Kier molecular flexibility index (Phi) is 8.82. The largest absolute Gasteiger partial charge is 0.481 e. The van der Waals surface area contributed by atoms with Crippen LogP contribution in [0, 0.1) is 0 Å². The molecule has 0 saturated heterocycles. The molecule has 1 aromatic heterocycles. The summed E-state index contributed by atoms with van der Waals surface area (Å²) in [5.74, 6) is -0.836. The number of rotatable bonds is 2. The smallest absolute Gasteiger partial charge is 0.360 e. The van der Waals surface area contributed by atoms with Crippen molar-refractivity contribution < 1.29 is 18.1 Å². The maximum atomic E-state index is 9.52. The molecule has 2 aromatic carbocycles. The average molecular weight is 381 g/mol. The molecule has 5 nitrogen and oxygen atoms in total. The van der Waals surface area contributed by atoms with E-state index in [0.717, 1.165) is 21.9 Å².